The van der Waals surface area contributed by atoms with Crippen LogP contribution in [0.3, 0.4) is 0 Å². The third-order valence-electron chi connectivity index (χ3n) is 3.51. The fourth-order valence-corrected chi connectivity index (χ4v) is 3.17. The van der Waals surface area contributed by atoms with E-state index in [4.69, 9.17) is 4.74 Å². The summed E-state index contributed by atoms with van der Waals surface area (Å²) in [6.45, 7) is 1.97. The van der Waals surface area contributed by atoms with Crippen LogP contribution in [0.25, 0.3) is 6.08 Å². The quantitative estimate of drug-likeness (QED) is 0.560. The molecule has 1 amide bonds. The van der Waals surface area contributed by atoms with Gasteiger partial charge in [0, 0.05) is 18.8 Å². The fourth-order valence-electron chi connectivity index (χ4n) is 2.12. The van der Waals surface area contributed by atoms with E-state index in [0.29, 0.717) is 16.8 Å². The molecule has 2 rings (SSSR count). The minimum Gasteiger partial charge on any atom is -0.462 e. The summed E-state index contributed by atoms with van der Waals surface area (Å²) in [5.41, 5.74) is 1.36. The molecule has 8 heteroatoms. The van der Waals surface area contributed by atoms with Crippen LogP contribution in [0.5, 0.6) is 0 Å². The Labute approximate surface area is 158 Å². The predicted octanol–water partition coefficient (Wildman–Crippen LogP) is 2.42. The Morgan fingerprint density at radius 3 is 2.22 bits per heavy atom. The molecular weight excluding hydrogens is 368 g/mol. The first-order valence-electron chi connectivity index (χ1n) is 8.15. The molecule has 2 N–H and O–H groups in total. The molecule has 0 spiro atoms. The third kappa shape index (κ3) is 5.68. The van der Waals surface area contributed by atoms with Gasteiger partial charge in [0.2, 0.25) is 5.91 Å². The zero-order valence-electron chi connectivity index (χ0n) is 14.9. The molecule has 0 aliphatic carbocycles. The van der Waals surface area contributed by atoms with Crippen molar-refractivity contribution in [3.8, 4) is 0 Å². The number of carbonyl (C=O) groups is 2. The number of rotatable bonds is 7. The first-order valence-corrected chi connectivity index (χ1v) is 9.64. The summed E-state index contributed by atoms with van der Waals surface area (Å²) in [5, 5.41) is 2.46. The summed E-state index contributed by atoms with van der Waals surface area (Å²) in [6.07, 6.45) is 2.93. The number of nitrogens with one attached hydrogen (secondary N) is 2. The second-order valence-electron chi connectivity index (χ2n) is 5.42. The summed E-state index contributed by atoms with van der Waals surface area (Å²) in [6, 6.07) is 12.0. The fraction of sp³-hybridized carbons (Fsp3) is 0.158. The first kappa shape index (κ1) is 20.2. The van der Waals surface area contributed by atoms with Gasteiger partial charge in [-0.2, -0.15) is 0 Å². The number of anilines is 1. The average molecular weight is 388 g/mol. The Hall–Kier alpha value is -3.13. The third-order valence-corrected chi connectivity index (χ3v) is 4.91. The number of esters is 1. The van der Waals surface area contributed by atoms with E-state index >= 15 is 0 Å². The van der Waals surface area contributed by atoms with Gasteiger partial charge in [-0.25, -0.2) is 13.2 Å². The molecule has 0 heterocycles. The van der Waals surface area contributed by atoms with Gasteiger partial charge in [-0.15, -0.1) is 0 Å². The van der Waals surface area contributed by atoms with Crippen molar-refractivity contribution in [2.75, 3.05) is 18.4 Å². The highest BCUT2D eigenvalue weighted by Gasteiger charge is 2.14. The van der Waals surface area contributed by atoms with Crippen LogP contribution in [-0.4, -0.2) is 33.9 Å². The molecule has 2 aromatic rings. The Bertz CT molecular complexity index is 933. The van der Waals surface area contributed by atoms with E-state index in [1.165, 1.54) is 49.5 Å². The molecule has 0 unspecified atom stereocenters. The van der Waals surface area contributed by atoms with Gasteiger partial charge in [0.25, 0.3) is 10.0 Å². The van der Waals surface area contributed by atoms with E-state index in [9.17, 15) is 18.0 Å². The van der Waals surface area contributed by atoms with Gasteiger partial charge in [-0.05, 0) is 55.0 Å². The molecule has 0 radical (unpaired) electrons. The summed E-state index contributed by atoms with van der Waals surface area (Å²) in [5.74, 6) is -0.716. The number of sulfonamides is 1. The van der Waals surface area contributed by atoms with Gasteiger partial charge in [-0.1, -0.05) is 12.1 Å². The second kappa shape index (κ2) is 9.00. The molecule has 7 nitrogen and oxygen atoms in total. The molecule has 0 atom stereocenters. The molecule has 0 aromatic heterocycles. The monoisotopic (exact) mass is 388 g/mol. The Morgan fingerprint density at radius 2 is 1.67 bits per heavy atom. The molecule has 0 aliphatic heterocycles. The van der Waals surface area contributed by atoms with Gasteiger partial charge in [0.1, 0.15) is 0 Å². The van der Waals surface area contributed by atoms with Crippen molar-refractivity contribution in [3.05, 3.63) is 65.7 Å². The highest BCUT2D eigenvalue weighted by molar-refractivity contribution is 7.92. The Morgan fingerprint density at radius 1 is 1.04 bits per heavy atom. The van der Waals surface area contributed by atoms with Gasteiger partial charge < -0.3 is 10.1 Å². The van der Waals surface area contributed by atoms with Gasteiger partial charge in [-0.3, -0.25) is 9.52 Å². The van der Waals surface area contributed by atoms with Crippen LogP contribution < -0.4 is 10.0 Å². The van der Waals surface area contributed by atoms with Crippen molar-refractivity contribution in [1.82, 2.24) is 5.32 Å². The minimum absolute atomic E-state index is 0.0778. The molecule has 0 saturated carbocycles. The highest BCUT2D eigenvalue weighted by Crippen LogP contribution is 2.18. The van der Waals surface area contributed by atoms with Crippen LogP contribution in [0.2, 0.25) is 0 Å². The Balaban J connectivity index is 2.11. The smallest absolute Gasteiger partial charge is 0.338 e. The number of benzene rings is 2. The van der Waals surface area contributed by atoms with Crippen molar-refractivity contribution in [2.45, 2.75) is 11.8 Å². The number of hydrogen-bond donors (Lipinski definition) is 2. The van der Waals surface area contributed by atoms with Crippen molar-refractivity contribution in [3.63, 3.8) is 0 Å². The normalized spacial score (nSPS) is 11.2. The van der Waals surface area contributed by atoms with Gasteiger partial charge in [0.15, 0.2) is 0 Å². The molecule has 2 aromatic carbocycles. The van der Waals surface area contributed by atoms with Crippen LogP contribution in [0.1, 0.15) is 22.8 Å². The maximum absolute atomic E-state index is 12.5. The zero-order chi connectivity index (χ0) is 19.9. The van der Waals surface area contributed by atoms with E-state index in [-0.39, 0.29) is 17.4 Å². The average Bonchev–Trinajstić information content (AvgIpc) is 2.67. The molecule has 0 aliphatic rings. The van der Waals surface area contributed by atoms with Crippen LogP contribution in [0.4, 0.5) is 5.69 Å². The maximum Gasteiger partial charge on any atom is 0.338 e. The lowest BCUT2D eigenvalue weighted by atomic mass is 10.2. The van der Waals surface area contributed by atoms with Crippen LogP contribution in [0, 0.1) is 0 Å². The zero-order valence-corrected chi connectivity index (χ0v) is 15.7. The molecule has 27 heavy (non-hydrogen) atoms. The van der Waals surface area contributed by atoms with Gasteiger partial charge >= 0.3 is 5.97 Å². The SMILES string of the molecule is CCOC(=O)c1ccc(NS(=O)(=O)c2ccc(/C=C/C(=O)NC)cc2)cc1. The number of carbonyl (C=O) groups excluding carboxylic acids is 2. The van der Waals surface area contributed by atoms with E-state index < -0.39 is 16.0 Å². The topological polar surface area (TPSA) is 102 Å². The number of ether oxygens (including phenoxy) is 1. The van der Waals surface area contributed by atoms with Gasteiger partial charge in [0.05, 0.1) is 17.1 Å². The van der Waals surface area contributed by atoms with E-state index in [0.717, 1.165) is 0 Å². The van der Waals surface area contributed by atoms with Crippen molar-refractivity contribution < 1.29 is 22.7 Å². The molecule has 142 valence electrons. The molecule has 0 fully saturated rings. The van der Waals surface area contributed by atoms with Crippen molar-refractivity contribution >= 4 is 33.7 Å². The number of amides is 1. The lowest BCUT2D eigenvalue weighted by molar-refractivity contribution is -0.115. The lowest BCUT2D eigenvalue weighted by Crippen LogP contribution is -2.14. The first-order chi connectivity index (χ1) is 12.9. The van der Waals surface area contributed by atoms with E-state index in [2.05, 4.69) is 10.0 Å². The largest absolute Gasteiger partial charge is 0.462 e. The second-order valence-corrected chi connectivity index (χ2v) is 7.10. The number of likely N-dealkylation sites (N-methyl/N-ethyl adjacent to an activating group) is 1. The summed E-state index contributed by atoms with van der Waals surface area (Å²) in [7, 11) is -2.26. The lowest BCUT2D eigenvalue weighted by Gasteiger charge is -2.09. The number of hydrogen-bond acceptors (Lipinski definition) is 5. The van der Waals surface area contributed by atoms with Crippen LogP contribution in [0.15, 0.2) is 59.5 Å². The maximum atomic E-state index is 12.5. The van der Waals surface area contributed by atoms with E-state index in [1.54, 1.807) is 25.1 Å². The summed E-state index contributed by atoms with van der Waals surface area (Å²) in [4.78, 5) is 22.9. The van der Waals surface area contributed by atoms with E-state index in [1.807, 2.05) is 0 Å². The summed E-state index contributed by atoms with van der Waals surface area (Å²) < 4.78 is 32.3. The summed E-state index contributed by atoms with van der Waals surface area (Å²) >= 11 is 0. The Kier molecular flexibility index (Phi) is 6.73. The molecular formula is C19H20N2O5S. The molecule has 0 bridgehead atoms. The highest BCUT2D eigenvalue weighted by atomic mass is 32.2. The van der Waals surface area contributed by atoms with Crippen molar-refractivity contribution in [2.24, 2.45) is 0 Å². The van der Waals surface area contributed by atoms with Crippen LogP contribution in [-0.2, 0) is 19.6 Å². The predicted molar refractivity (Wildman–Crippen MR) is 103 cm³/mol. The van der Waals surface area contributed by atoms with Crippen molar-refractivity contribution in [1.29, 1.82) is 0 Å². The standard InChI is InChI=1S/C19H20N2O5S/c1-3-26-19(23)15-7-9-16(10-8-15)21-27(24,25)17-11-4-14(5-12-17)6-13-18(22)20-2/h4-13,21H,3H2,1-2H3,(H,20,22)/b13-6+. The van der Waals surface area contributed by atoms with Crippen LogP contribution >= 0.6 is 0 Å². The minimum atomic E-state index is -3.78. The molecule has 0 saturated heterocycles.